The molecular formula is C19H19F2NO3. The zero-order chi connectivity index (χ0) is 18.4. The smallest absolute Gasteiger partial charge is 0.307 e. The van der Waals surface area contributed by atoms with Gasteiger partial charge in [-0.3, -0.25) is 9.59 Å². The lowest BCUT2D eigenvalue weighted by atomic mass is 10.0. The number of rotatable bonds is 6. The van der Waals surface area contributed by atoms with Crippen molar-refractivity contribution in [2.45, 2.75) is 19.4 Å². The third kappa shape index (κ3) is 4.62. The fraction of sp³-hybridized carbons (Fsp3) is 0.263. The summed E-state index contributed by atoms with van der Waals surface area (Å²) in [6.07, 6.45) is 0.00307. The summed E-state index contributed by atoms with van der Waals surface area (Å²) >= 11 is 0. The minimum absolute atomic E-state index is 0.00307. The zero-order valence-corrected chi connectivity index (χ0v) is 14.0. The van der Waals surface area contributed by atoms with Crippen molar-refractivity contribution in [2.24, 2.45) is 0 Å². The monoisotopic (exact) mass is 347 g/mol. The van der Waals surface area contributed by atoms with Crippen LogP contribution in [0.25, 0.3) is 0 Å². The van der Waals surface area contributed by atoms with E-state index in [2.05, 4.69) is 4.74 Å². The van der Waals surface area contributed by atoms with Gasteiger partial charge in [-0.1, -0.05) is 30.3 Å². The van der Waals surface area contributed by atoms with Crippen LogP contribution in [-0.2, 0) is 9.53 Å². The SMILES string of the molecule is COC(=O)CCN(C(=O)c1ccc(F)c(F)c1)C(C)c1ccccc1. The van der Waals surface area contributed by atoms with Crippen molar-refractivity contribution in [3.8, 4) is 0 Å². The van der Waals surface area contributed by atoms with Crippen LogP contribution in [0.2, 0.25) is 0 Å². The van der Waals surface area contributed by atoms with Gasteiger partial charge in [0.05, 0.1) is 19.6 Å². The fourth-order valence-electron chi connectivity index (χ4n) is 2.49. The number of methoxy groups -OCH3 is 1. The van der Waals surface area contributed by atoms with Crippen LogP contribution in [0.4, 0.5) is 8.78 Å². The van der Waals surface area contributed by atoms with Crippen LogP contribution in [0.5, 0.6) is 0 Å². The van der Waals surface area contributed by atoms with Crippen LogP contribution in [0.1, 0.15) is 35.3 Å². The predicted octanol–water partition coefficient (Wildman–Crippen LogP) is 3.73. The molecule has 0 aliphatic rings. The molecule has 0 bridgehead atoms. The molecule has 0 N–H and O–H groups in total. The molecule has 0 aromatic heterocycles. The van der Waals surface area contributed by atoms with Gasteiger partial charge in [0, 0.05) is 12.1 Å². The highest BCUT2D eigenvalue weighted by Gasteiger charge is 2.24. The van der Waals surface area contributed by atoms with Gasteiger partial charge < -0.3 is 9.64 Å². The Morgan fingerprint density at radius 2 is 1.76 bits per heavy atom. The van der Waals surface area contributed by atoms with Crippen molar-refractivity contribution >= 4 is 11.9 Å². The molecule has 25 heavy (non-hydrogen) atoms. The molecule has 0 aliphatic carbocycles. The lowest BCUT2D eigenvalue weighted by molar-refractivity contribution is -0.140. The van der Waals surface area contributed by atoms with Gasteiger partial charge in [0.1, 0.15) is 0 Å². The minimum atomic E-state index is -1.09. The summed E-state index contributed by atoms with van der Waals surface area (Å²) in [5.41, 5.74) is 0.884. The Bertz CT molecular complexity index is 750. The van der Waals surface area contributed by atoms with Crippen LogP contribution in [-0.4, -0.2) is 30.4 Å². The highest BCUT2D eigenvalue weighted by molar-refractivity contribution is 5.94. The number of hydrogen-bond donors (Lipinski definition) is 0. The second-order valence-corrected chi connectivity index (χ2v) is 5.54. The molecule has 0 saturated heterocycles. The molecule has 0 saturated carbocycles. The lowest BCUT2D eigenvalue weighted by Crippen LogP contribution is -2.35. The summed E-state index contributed by atoms with van der Waals surface area (Å²) in [5.74, 6) is -3.05. The molecule has 0 spiro atoms. The average molecular weight is 347 g/mol. The summed E-state index contributed by atoms with van der Waals surface area (Å²) in [4.78, 5) is 25.7. The van der Waals surface area contributed by atoms with Crippen LogP contribution >= 0.6 is 0 Å². The topological polar surface area (TPSA) is 46.6 Å². The Labute approximate surface area is 145 Å². The summed E-state index contributed by atoms with van der Waals surface area (Å²) < 4.78 is 31.2. The van der Waals surface area contributed by atoms with E-state index >= 15 is 0 Å². The molecule has 1 atom stereocenters. The van der Waals surface area contributed by atoms with E-state index in [1.54, 1.807) is 0 Å². The van der Waals surface area contributed by atoms with E-state index in [0.717, 1.165) is 17.7 Å². The summed E-state index contributed by atoms with van der Waals surface area (Å²) in [6, 6.07) is 11.9. The fourth-order valence-corrected chi connectivity index (χ4v) is 2.49. The summed E-state index contributed by atoms with van der Waals surface area (Å²) in [5, 5.41) is 0. The number of carbonyl (C=O) groups is 2. The molecule has 6 heteroatoms. The van der Waals surface area contributed by atoms with Crippen molar-refractivity contribution in [1.82, 2.24) is 4.90 Å². The normalized spacial score (nSPS) is 11.7. The number of amides is 1. The number of halogens is 2. The van der Waals surface area contributed by atoms with Crippen molar-refractivity contribution in [3.05, 3.63) is 71.3 Å². The Morgan fingerprint density at radius 1 is 1.08 bits per heavy atom. The van der Waals surface area contributed by atoms with Gasteiger partial charge in [0.2, 0.25) is 0 Å². The van der Waals surface area contributed by atoms with Crippen molar-refractivity contribution < 1.29 is 23.1 Å². The molecule has 1 unspecified atom stereocenters. The molecule has 4 nitrogen and oxygen atoms in total. The van der Waals surface area contributed by atoms with Gasteiger partial charge in [-0.2, -0.15) is 0 Å². The Kier molecular flexibility index (Phi) is 6.22. The van der Waals surface area contributed by atoms with E-state index < -0.39 is 23.5 Å². The third-order valence-electron chi connectivity index (χ3n) is 3.96. The largest absolute Gasteiger partial charge is 0.469 e. The molecular weight excluding hydrogens is 328 g/mol. The third-order valence-corrected chi connectivity index (χ3v) is 3.96. The maximum atomic E-state index is 13.5. The number of benzene rings is 2. The van der Waals surface area contributed by atoms with Gasteiger partial charge >= 0.3 is 5.97 Å². The first-order valence-corrected chi connectivity index (χ1v) is 7.81. The Hall–Kier alpha value is -2.76. The highest BCUT2D eigenvalue weighted by atomic mass is 19.2. The highest BCUT2D eigenvalue weighted by Crippen LogP contribution is 2.23. The summed E-state index contributed by atoms with van der Waals surface area (Å²) in [7, 11) is 1.27. The quantitative estimate of drug-likeness (QED) is 0.748. The number of nitrogens with zero attached hydrogens (tertiary/aromatic N) is 1. The first kappa shape index (κ1) is 18.6. The maximum absolute atomic E-state index is 13.5. The first-order chi connectivity index (χ1) is 11.9. The molecule has 2 aromatic carbocycles. The van der Waals surface area contributed by atoms with Gasteiger partial charge in [0.15, 0.2) is 11.6 Å². The van der Waals surface area contributed by atoms with E-state index in [9.17, 15) is 18.4 Å². The second-order valence-electron chi connectivity index (χ2n) is 5.54. The Morgan fingerprint density at radius 3 is 2.36 bits per heavy atom. The zero-order valence-electron chi connectivity index (χ0n) is 14.0. The van der Waals surface area contributed by atoms with Crippen LogP contribution < -0.4 is 0 Å². The lowest BCUT2D eigenvalue weighted by Gasteiger charge is -2.29. The number of hydrogen-bond acceptors (Lipinski definition) is 3. The van der Waals surface area contributed by atoms with Crippen LogP contribution in [0, 0.1) is 11.6 Å². The van der Waals surface area contributed by atoms with Crippen molar-refractivity contribution in [2.75, 3.05) is 13.7 Å². The summed E-state index contributed by atoms with van der Waals surface area (Å²) in [6.45, 7) is 1.91. The second kappa shape index (κ2) is 8.37. The molecule has 0 radical (unpaired) electrons. The molecule has 0 aliphatic heterocycles. The van der Waals surface area contributed by atoms with Crippen molar-refractivity contribution in [1.29, 1.82) is 0 Å². The molecule has 0 fully saturated rings. The molecule has 1 amide bonds. The van der Waals surface area contributed by atoms with Gasteiger partial charge in [-0.15, -0.1) is 0 Å². The predicted molar refractivity (Wildman–Crippen MR) is 88.9 cm³/mol. The number of esters is 1. The molecule has 2 aromatic rings. The van der Waals surface area contributed by atoms with Crippen LogP contribution in [0.3, 0.4) is 0 Å². The van der Waals surface area contributed by atoms with Gasteiger partial charge in [-0.05, 0) is 30.7 Å². The number of ether oxygens (including phenoxy) is 1. The maximum Gasteiger partial charge on any atom is 0.307 e. The van der Waals surface area contributed by atoms with Crippen LogP contribution in [0.15, 0.2) is 48.5 Å². The van der Waals surface area contributed by atoms with E-state index in [-0.39, 0.29) is 24.6 Å². The van der Waals surface area contributed by atoms with Gasteiger partial charge in [0.25, 0.3) is 5.91 Å². The minimum Gasteiger partial charge on any atom is -0.469 e. The molecule has 132 valence electrons. The van der Waals surface area contributed by atoms with E-state index in [0.29, 0.717) is 0 Å². The molecule has 2 rings (SSSR count). The van der Waals surface area contributed by atoms with Crippen molar-refractivity contribution in [3.63, 3.8) is 0 Å². The standard InChI is InChI=1S/C19H19F2NO3/c1-13(14-6-4-3-5-7-14)22(11-10-18(23)25-2)19(24)15-8-9-16(20)17(21)12-15/h3-9,12-13H,10-11H2,1-2H3. The van der Waals surface area contributed by atoms with E-state index in [4.69, 9.17) is 0 Å². The Balaban J connectivity index is 2.30. The number of carbonyl (C=O) groups excluding carboxylic acids is 2. The van der Waals surface area contributed by atoms with Gasteiger partial charge in [-0.25, -0.2) is 8.78 Å². The average Bonchev–Trinajstić information content (AvgIpc) is 2.64. The molecule has 0 heterocycles. The first-order valence-electron chi connectivity index (χ1n) is 7.81. The van der Waals surface area contributed by atoms with E-state index in [1.807, 2.05) is 37.3 Å². The van der Waals surface area contributed by atoms with E-state index in [1.165, 1.54) is 18.1 Å².